The van der Waals surface area contributed by atoms with Gasteiger partial charge in [-0.2, -0.15) is 0 Å². The first-order valence-corrected chi connectivity index (χ1v) is 6.83. The van der Waals surface area contributed by atoms with Gasteiger partial charge in [-0.25, -0.2) is 0 Å². The molecule has 2 rings (SSSR count). The zero-order chi connectivity index (χ0) is 12.3. The van der Waals surface area contributed by atoms with Crippen LogP contribution in [0, 0.1) is 12.8 Å². The molecule has 1 aromatic carbocycles. The largest absolute Gasteiger partial charge is 0.271 e. The molecule has 1 fully saturated rings. The first-order chi connectivity index (χ1) is 8.24. The highest BCUT2D eigenvalue weighted by Gasteiger charge is 2.25. The number of nitrogens with one attached hydrogen (secondary N) is 1. The summed E-state index contributed by atoms with van der Waals surface area (Å²) in [4.78, 5) is 0. The van der Waals surface area contributed by atoms with Crippen molar-refractivity contribution >= 4 is 11.6 Å². The van der Waals surface area contributed by atoms with Crippen molar-refractivity contribution in [2.75, 3.05) is 0 Å². The van der Waals surface area contributed by atoms with Crippen LogP contribution in [0.1, 0.15) is 49.3 Å². The molecule has 1 unspecified atom stereocenters. The van der Waals surface area contributed by atoms with E-state index in [1.54, 1.807) is 0 Å². The van der Waals surface area contributed by atoms with Gasteiger partial charge in [-0.15, -0.1) is 0 Å². The predicted molar refractivity (Wildman–Crippen MR) is 72.8 cm³/mol. The Morgan fingerprint density at radius 3 is 2.65 bits per heavy atom. The van der Waals surface area contributed by atoms with Gasteiger partial charge in [-0.3, -0.25) is 11.3 Å². The standard InChI is InChI=1S/C14H21ClN2/c1-10-12(8-5-9-13(10)15)14(17-16)11-6-3-2-4-7-11/h5,8-9,11,14,17H,2-4,6-7,16H2,1H3. The fraction of sp³-hybridized carbons (Fsp3) is 0.571. The molecule has 0 amide bonds. The third kappa shape index (κ3) is 2.82. The summed E-state index contributed by atoms with van der Waals surface area (Å²) < 4.78 is 0. The number of hydrogen-bond donors (Lipinski definition) is 2. The van der Waals surface area contributed by atoms with Crippen LogP contribution in [-0.4, -0.2) is 0 Å². The number of hydrogen-bond acceptors (Lipinski definition) is 2. The summed E-state index contributed by atoms with van der Waals surface area (Å²) in [5, 5.41) is 0.832. The van der Waals surface area contributed by atoms with E-state index >= 15 is 0 Å². The summed E-state index contributed by atoms with van der Waals surface area (Å²) in [6.07, 6.45) is 6.54. The molecule has 1 saturated carbocycles. The molecule has 1 aromatic rings. The van der Waals surface area contributed by atoms with Crippen LogP contribution < -0.4 is 11.3 Å². The molecule has 1 aliphatic carbocycles. The second kappa shape index (κ2) is 5.85. The second-order valence-corrected chi connectivity index (χ2v) is 5.40. The quantitative estimate of drug-likeness (QED) is 0.635. The molecule has 0 radical (unpaired) electrons. The van der Waals surface area contributed by atoms with E-state index in [2.05, 4.69) is 18.4 Å². The van der Waals surface area contributed by atoms with Crippen LogP contribution in [0.3, 0.4) is 0 Å². The molecule has 0 aromatic heterocycles. The van der Waals surface area contributed by atoms with E-state index in [1.165, 1.54) is 37.7 Å². The van der Waals surface area contributed by atoms with Crippen LogP contribution >= 0.6 is 11.6 Å². The Hall–Kier alpha value is -0.570. The average Bonchev–Trinajstić information content (AvgIpc) is 2.37. The number of halogens is 1. The lowest BCUT2D eigenvalue weighted by atomic mass is 9.80. The van der Waals surface area contributed by atoms with Crippen molar-refractivity contribution in [2.45, 2.75) is 45.1 Å². The molecular formula is C14H21ClN2. The smallest absolute Gasteiger partial charge is 0.0491 e. The number of nitrogens with two attached hydrogens (primary N) is 1. The number of hydrazine groups is 1. The summed E-state index contributed by atoms with van der Waals surface area (Å²) in [5.74, 6) is 6.41. The van der Waals surface area contributed by atoms with Crippen LogP contribution in [0.25, 0.3) is 0 Å². The van der Waals surface area contributed by atoms with Gasteiger partial charge in [0, 0.05) is 11.1 Å². The number of rotatable bonds is 3. The van der Waals surface area contributed by atoms with Crippen LogP contribution in [0.15, 0.2) is 18.2 Å². The molecule has 0 heterocycles. The maximum Gasteiger partial charge on any atom is 0.0491 e. The van der Waals surface area contributed by atoms with E-state index in [-0.39, 0.29) is 6.04 Å². The van der Waals surface area contributed by atoms with Gasteiger partial charge in [0.2, 0.25) is 0 Å². The average molecular weight is 253 g/mol. The minimum absolute atomic E-state index is 0.244. The lowest BCUT2D eigenvalue weighted by Crippen LogP contribution is -2.35. The van der Waals surface area contributed by atoms with Gasteiger partial charge < -0.3 is 0 Å². The van der Waals surface area contributed by atoms with E-state index in [9.17, 15) is 0 Å². The maximum absolute atomic E-state index is 6.19. The molecule has 1 atom stereocenters. The third-order valence-corrected chi connectivity index (χ3v) is 4.35. The van der Waals surface area contributed by atoms with Crippen molar-refractivity contribution in [3.05, 3.63) is 34.3 Å². The Balaban J connectivity index is 2.24. The van der Waals surface area contributed by atoms with Gasteiger partial charge in [0.15, 0.2) is 0 Å². The molecule has 1 aliphatic rings. The zero-order valence-electron chi connectivity index (χ0n) is 10.4. The molecule has 0 aliphatic heterocycles. The Labute approximate surface area is 109 Å². The van der Waals surface area contributed by atoms with Crippen molar-refractivity contribution in [2.24, 2.45) is 11.8 Å². The topological polar surface area (TPSA) is 38.0 Å². The first-order valence-electron chi connectivity index (χ1n) is 6.45. The van der Waals surface area contributed by atoms with Crippen LogP contribution in [0.5, 0.6) is 0 Å². The van der Waals surface area contributed by atoms with Crippen LogP contribution in [0.4, 0.5) is 0 Å². The summed E-state index contributed by atoms with van der Waals surface area (Å²) >= 11 is 6.19. The Kier molecular flexibility index (Phi) is 4.43. The minimum Gasteiger partial charge on any atom is -0.271 e. The monoisotopic (exact) mass is 252 g/mol. The van der Waals surface area contributed by atoms with E-state index in [0.29, 0.717) is 5.92 Å². The van der Waals surface area contributed by atoms with Crippen molar-refractivity contribution in [1.82, 2.24) is 5.43 Å². The Morgan fingerprint density at radius 2 is 2.00 bits per heavy atom. The Bertz CT molecular complexity index is 372. The van der Waals surface area contributed by atoms with E-state index < -0.39 is 0 Å². The molecule has 0 bridgehead atoms. The highest BCUT2D eigenvalue weighted by Crippen LogP contribution is 2.36. The molecular weight excluding hydrogens is 232 g/mol. The fourth-order valence-corrected chi connectivity index (χ4v) is 3.09. The summed E-state index contributed by atoms with van der Waals surface area (Å²) in [6, 6.07) is 6.33. The lowest BCUT2D eigenvalue weighted by Gasteiger charge is -2.31. The van der Waals surface area contributed by atoms with Gasteiger partial charge >= 0.3 is 0 Å². The summed E-state index contributed by atoms with van der Waals surface area (Å²) in [5.41, 5.74) is 5.41. The SMILES string of the molecule is Cc1c(Cl)cccc1C(NN)C1CCCCC1. The highest BCUT2D eigenvalue weighted by atomic mass is 35.5. The molecule has 17 heavy (non-hydrogen) atoms. The van der Waals surface area contributed by atoms with Gasteiger partial charge in [-0.05, 0) is 42.9 Å². The van der Waals surface area contributed by atoms with Crippen LogP contribution in [0.2, 0.25) is 5.02 Å². The maximum atomic E-state index is 6.19. The normalized spacial score (nSPS) is 19.2. The van der Waals surface area contributed by atoms with E-state index in [1.807, 2.05) is 12.1 Å². The molecule has 3 heteroatoms. The van der Waals surface area contributed by atoms with Gasteiger partial charge in [0.25, 0.3) is 0 Å². The molecule has 2 nitrogen and oxygen atoms in total. The van der Waals surface area contributed by atoms with Crippen LogP contribution in [-0.2, 0) is 0 Å². The Morgan fingerprint density at radius 1 is 1.29 bits per heavy atom. The zero-order valence-corrected chi connectivity index (χ0v) is 11.1. The van der Waals surface area contributed by atoms with Gasteiger partial charge in [-0.1, -0.05) is 43.0 Å². The van der Waals surface area contributed by atoms with Crippen molar-refractivity contribution < 1.29 is 0 Å². The van der Waals surface area contributed by atoms with Gasteiger partial charge in [0.05, 0.1) is 0 Å². The highest BCUT2D eigenvalue weighted by molar-refractivity contribution is 6.31. The summed E-state index contributed by atoms with van der Waals surface area (Å²) in [6.45, 7) is 2.07. The van der Waals surface area contributed by atoms with E-state index in [4.69, 9.17) is 17.4 Å². The predicted octanol–water partition coefficient (Wildman–Crippen LogP) is 3.73. The fourth-order valence-electron chi connectivity index (χ4n) is 2.91. The summed E-state index contributed by atoms with van der Waals surface area (Å²) in [7, 11) is 0. The third-order valence-electron chi connectivity index (χ3n) is 3.95. The van der Waals surface area contributed by atoms with Crippen molar-refractivity contribution in [3.63, 3.8) is 0 Å². The molecule has 0 spiro atoms. The second-order valence-electron chi connectivity index (χ2n) is 5.00. The van der Waals surface area contributed by atoms with E-state index in [0.717, 1.165) is 10.6 Å². The molecule has 94 valence electrons. The first kappa shape index (κ1) is 12.9. The van der Waals surface area contributed by atoms with Gasteiger partial charge in [0.1, 0.15) is 0 Å². The molecule has 3 N–H and O–H groups in total. The lowest BCUT2D eigenvalue weighted by molar-refractivity contribution is 0.273. The number of benzene rings is 1. The minimum atomic E-state index is 0.244. The van der Waals surface area contributed by atoms with Crippen molar-refractivity contribution in [1.29, 1.82) is 0 Å². The molecule has 0 saturated heterocycles. The van der Waals surface area contributed by atoms with Crippen molar-refractivity contribution in [3.8, 4) is 0 Å².